The summed E-state index contributed by atoms with van der Waals surface area (Å²) in [5, 5.41) is 25.8. The summed E-state index contributed by atoms with van der Waals surface area (Å²) in [4.78, 5) is 90.8. The molecule has 4 fully saturated rings. The standard InChI is InChI=1S/C43H78BN9O10/c1-7-8-9-10-11-12-13-14-15-19-34(56)48-22-20-35(57)50-29(18-16-17-21-45)38(59)52-36(27(3)54)40(61)49-26(2)37(58)51-30(25-33(46)55)39(60)53-41(47)44-62-32-24-28-23-31(42(28,4)5)43(32,6)63-44/h26-32,36,41,54H,7-25,45,47H2,1-6H3,(H2,46,55)(H,48,56)(H,49,61)(H,50,57)(H,51,58)(H,52,59)(H,53,60)/t26-,27+,28-,29-,30-,31-,32?,36-,41+,43-/m0/s1. The fraction of sp³-hybridized carbons (Fsp3) is 0.837. The highest BCUT2D eigenvalue weighted by molar-refractivity contribution is 6.47. The first-order chi connectivity index (χ1) is 29.7. The van der Waals surface area contributed by atoms with Gasteiger partial charge in [-0.1, -0.05) is 72.1 Å². The van der Waals surface area contributed by atoms with Gasteiger partial charge in [-0.15, -0.1) is 0 Å². The maximum atomic E-state index is 13.5. The number of unbranched alkanes of at least 4 members (excludes halogenated alkanes) is 9. The third-order valence-electron chi connectivity index (χ3n) is 13.2. The van der Waals surface area contributed by atoms with Gasteiger partial charge in [0.25, 0.3) is 0 Å². The number of amides is 7. The minimum absolute atomic E-state index is 0.0786. The first kappa shape index (κ1) is 53.5. The van der Waals surface area contributed by atoms with Crippen molar-refractivity contribution in [1.29, 1.82) is 0 Å². The quantitative estimate of drug-likeness (QED) is 0.0267. The van der Waals surface area contributed by atoms with Crippen LogP contribution in [0.4, 0.5) is 0 Å². The molecule has 358 valence electrons. The van der Waals surface area contributed by atoms with E-state index < -0.39 is 90.9 Å². The molecule has 7 amide bonds. The molecule has 0 aromatic heterocycles. The summed E-state index contributed by atoms with van der Waals surface area (Å²) < 4.78 is 12.5. The Bertz CT molecular complexity index is 1560. The third kappa shape index (κ3) is 16.0. The maximum Gasteiger partial charge on any atom is 0.497 e. The zero-order valence-corrected chi connectivity index (χ0v) is 38.6. The minimum Gasteiger partial charge on any atom is -0.403 e. The van der Waals surface area contributed by atoms with E-state index in [2.05, 4.69) is 52.7 Å². The molecule has 20 heteroatoms. The summed E-state index contributed by atoms with van der Waals surface area (Å²) in [5.74, 6) is -4.21. The van der Waals surface area contributed by atoms with E-state index in [9.17, 15) is 38.7 Å². The van der Waals surface area contributed by atoms with E-state index in [0.29, 0.717) is 31.7 Å². The van der Waals surface area contributed by atoms with Crippen LogP contribution in [0, 0.1) is 17.3 Å². The summed E-state index contributed by atoms with van der Waals surface area (Å²) in [6.07, 6.45) is 11.3. The van der Waals surface area contributed by atoms with Crippen molar-refractivity contribution < 1.29 is 48.0 Å². The molecular weight excluding hydrogens is 813 g/mol. The molecular formula is C43H78BN9O10. The highest BCUT2D eigenvalue weighted by Crippen LogP contribution is 2.65. The number of primary amides is 1. The molecule has 1 aliphatic heterocycles. The Morgan fingerprint density at radius 3 is 1.98 bits per heavy atom. The van der Waals surface area contributed by atoms with Gasteiger partial charge in [0.15, 0.2) is 0 Å². The van der Waals surface area contributed by atoms with Crippen LogP contribution in [0.2, 0.25) is 0 Å². The monoisotopic (exact) mass is 892 g/mol. The first-order valence-corrected chi connectivity index (χ1v) is 23.3. The summed E-state index contributed by atoms with van der Waals surface area (Å²) in [5.41, 5.74) is 16.9. The second-order valence-electron chi connectivity index (χ2n) is 18.6. The lowest BCUT2D eigenvalue weighted by Crippen LogP contribution is -2.65. The van der Waals surface area contributed by atoms with Crippen LogP contribution < -0.4 is 49.1 Å². The molecule has 0 aromatic carbocycles. The second-order valence-corrected chi connectivity index (χ2v) is 18.6. The molecule has 2 bridgehead atoms. The van der Waals surface area contributed by atoms with E-state index in [1.54, 1.807) is 0 Å². The van der Waals surface area contributed by atoms with Gasteiger partial charge in [-0.05, 0) is 83.1 Å². The third-order valence-corrected chi connectivity index (χ3v) is 13.2. The number of carbonyl (C=O) groups excluding carboxylic acids is 7. The molecule has 1 saturated heterocycles. The van der Waals surface area contributed by atoms with Crippen LogP contribution in [0.15, 0.2) is 0 Å². The van der Waals surface area contributed by atoms with Crippen molar-refractivity contribution in [2.45, 2.75) is 199 Å². The summed E-state index contributed by atoms with van der Waals surface area (Å²) in [6, 6.07) is -6.62. The number of nitrogens with one attached hydrogen (secondary N) is 6. The zero-order chi connectivity index (χ0) is 46.9. The van der Waals surface area contributed by atoms with Crippen molar-refractivity contribution in [2.24, 2.45) is 34.5 Å². The average Bonchev–Trinajstić information content (AvgIpc) is 3.58. The molecule has 1 unspecified atom stereocenters. The van der Waals surface area contributed by atoms with E-state index in [-0.39, 0.29) is 42.7 Å². The molecule has 3 aliphatic carbocycles. The zero-order valence-electron chi connectivity index (χ0n) is 38.6. The van der Waals surface area contributed by atoms with Crippen molar-refractivity contribution >= 4 is 48.5 Å². The second kappa shape index (κ2) is 25.6. The van der Waals surface area contributed by atoms with Crippen molar-refractivity contribution in [3.63, 3.8) is 0 Å². The van der Waals surface area contributed by atoms with Crippen LogP contribution in [-0.4, -0.2) is 115 Å². The van der Waals surface area contributed by atoms with E-state index in [0.717, 1.165) is 38.5 Å². The normalized spacial score (nSPS) is 23.6. The molecule has 4 aliphatic rings. The average molecular weight is 892 g/mol. The Hall–Kier alpha value is -3.85. The van der Waals surface area contributed by atoms with Crippen molar-refractivity contribution in [1.82, 2.24) is 31.9 Å². The Balaban J connectivity index is 1.49. The molecule has 0 radical (unpaired) electrons. The van der Waals surface area contributed by atoms with Crippen molar-refractivity contribution in [3.8, 4) is 0 Å². The molecule has 0 aromatic rings. The number of aliphatic hydroxyl groups excluding tert-OH is 1. The van der Waals surface area contributed by atoms with Gasteiger partial charge in [0.1, 0.15) is 30.2 Å². The van der Waals surface area contributed by atoms with E-state index >= 15 is 0 Å². The number of hydrogen-bond acceptors (Lipinski definition) is 12. The SMILES string of the molecule is CCCCCCCCCCCC(=O)NCCC(=O)N[C@@H](CCCCN)C(=O)N[C@H](C(=O)N[C@@H](C)C(=O)N[C@@H](CC(N)=O)C(=O)N[C@@H](N)B1OC2C[C@@H]3C[C@@H](C3(C)C)[C@]2(C)O1)[C@@H](C)O. The van der Waals surface area contributed by atoms with Crippen LogP contribution in [0.3, 0.4) is 0 Å². The number of aliphatic hydroxyl groups is 1. The molecule has 0 spiro atoms. The minimum atomic E-state index is -1.56. The fourth-order valence-electron chi connectivity index (χ4n) is 9.15. The van der Waals surface area contributed by atoms with Crippen molar-refractivity contribution in [2.75, 3.05) is 13.1 Å². The Labute approximate surface area is 373 Å². The molecule has 19 nitrogen and oxygen atoms in total. The first-order valence-electron chi connectivity index (χ1n) is 23.3. The van der Waals surface area contributed by atoms with Crippen LogP contribution in [0.5, 0.6) is 0 Å². The highest BCUT2D eigenvalue weighted by atomic mass is 16.7. The Morgan fingerprint density at radius 1 is 0.746 bits per heavy atom. The van der Waals surface area contributed by atoms with E-state index in [1.165, 1.54) is 46.0 Å². The predicted molar refractivity (Wildman–Crippen MR) is 237 cm³/mol. The molecule has 4 rings (SSSR count). The summed E-state index contributed by atoms with van der Waals surface area (Å²) in [7, 11) is -0.977. The lowest BCUT2D eigenvalue weighted by molar-refractivity contribution is -0.199. The van der Waals surface area contributed by atoms with Crippen LogP contribution in [0.25, 0.3) is 0 Å². The van der Waals surface area contributed by atoms with Crippen molar-refractivity contribution in [3.05, 3.63) is 0 Å². The van der Waals surface area contributed by atoms with Crippen LogP contribution in [-0.2, 0) is 42.9 Å². The molecule has 1 heterocycles. The van der Waals surface area contributed by atoms with Crippen LogP contribution in [0.1, 0.15) is 151 Å². The van der Waals surface area contributed by atoms with Gasteiger partial charge in [-0.2, -0.15) is 0 Å². The number of carbonyl (C=O) groups is 7. The number of nitrogens with two attached hydrogens (primary N) is 3. The largest absolute Gasteiger partial charge is 0.497 e. The van der Waals surface area contributed by atoms with Crippen LogP contribution >= 0.6 is 0 Å². The predicted octanol–water partition coefficient (Wildman–Crippen LogP) is 0.426. The van der Waals surface area contributed by atoms with Gasteiger partial charge in [0.2, 0.25) is 41.4 Å². The van der Waals surface area contributed by atoms with E-state index in [1.807, 2.05) is 6.92 Å². The van der Waals surface area contributed by atoms with Gasteiger partial charge in [-0.25, -0.2) is 0 Å². The van der Waals surface area contributed by atoms with E-state index in [4.69, 9.17) is 26.5 Å². The summed E-state index contributed by atoms with van der Waals surface area (Å²) >= 11 is 0. The van der Waals surface area contributed by atoms with Gasteiger partial charge < -0.3 is 63.5 Å². The lowest BCUT2D eigenvalue weighted by Gasteiger charge is -2.64. The molecule has 63 heavy (non-hydrogen) atoms. The lowest BCUT2D eigenvalue weighted by atomic mass is 9.43. The Kier molecular flexibility index (Phi) is 21.7. The van der Waals surface area contributed by atoms with Gasteiger partial charge >= 0.3 is 7.12 Å². The Morgan fingerprint density at radius 2 is 1.38 bits per heavy atom. The summed E-state index contributed by atoms with van der Waals surface area (Å²) in [6.45, 7) is 11.6. The smallest absolute Gasteiger partial charge is 0.403 e. The number of hydrogen-bond donors (Lipinski definition) is 10. The maximum absolute atomic E-state index is 13.5. The van der Waals surface area contributed by atoms with Gasteiger partial charge in [-0.3, -0.25) is 33.6 Å². The highest BCUT2D eigenvalue weighted by Gasteiger charge is 2.68. The topological polar surface area (TPSA) is 308 Å². The number of rotatable bonds is 30. The molecule has 10 atom stereocenters. The van der Waals surface area contributed by atoms with Gasteiger partial charge in [0, 0.05) is 19.4 Å². The van der Waals surface area contributed by atoms with Gasteiger partial charge in [0.05, 0.1) is 24.2 Å². The molecule has 13 N–H and O–H groups in total. The fourth-order valence-corrected chi connectivity index (χ4v) is 9.15. The molecule has 3 saturated carbocycles.